The first-order chi connectivity index (χ1) is 15.7. The van der Waals surface area contributed by atoms with Crippen LogP contribution in [0.3, 0.4) is 0 Å². The number of rotatable bonds is 6. The molecule has 0 aliphatic heterocycles. The van der Waals surface area contributed by atoms with Crippen molar-refractivity contribution in [2.75, 3.05) is 11.9 Å². The van der Waals surface area contributed by atoms with Crippen molar-refractivity contribution in [3.05, 3.63) is 84.0 Å². The lowest BCUT2D eigenvalue weighted by molar-refractivity contribution is -0.118. The van der Waals surface area contributed by atoms with E-state index in [-0.39, 0.29) is 18.3 Å². The van der Waals surface area contributed by atoms with Gasteiger partial charge in [0.1, 0.15) is 11.6 Å². The lowest BCUT2D eigenvalue weighted by Gasteiger charge is -2.09. The average Bonchev–Trinajstić information content (AvgIpc) is 3.48. The fourth-order valence-electron chi connectivity index (χ4n) is 3.14. The molecule has 0 unspecified atom stereocenters. The molecule has 2 aromatic carbocycles. The summed E-state index contributed by atoms with van der Waals surface area (Å²) in [6.45, 7) is -0.190. The van der Waals surface area contributed by atoms with E-state index in [1.165, 1.54) is 24.3 Å². The summed E-state index contributed by atoms with van der Waals surface area (Å²) in [7, 11) is 0. The molecular weight excluding hydrogens is 429 g/mol. The molecule has 5 rings (SSSR count). The molecule has 0 atom stereocenters. The van der Waals surface area contributed by atoms with Gasteiger partial charge in [-0.3, -0.25) is 4.79 Å². The van der Waals surface area contributed by atoms with E-state index < -0.39 is 0 Å². The summed E-state index contributed by atoms with van der Waals surface area (Å²) in [5.74, 6) is 0.413. The van der Waals surface area contributed by atoms with Crippen LogP contribution in [0.1, 0.15) is 0 Å². The molecule has 1 amide bonds. The normalized spacial score (nSPS) is 10.9. The summed E-state index contributed by atoms with van der Waals surface area (Å²) < 4.78 is 20.1. The van der Waals surface area contributed by atoms with Crippen molar-refractivity contribution in [2.24, 2.45) is 0 Å². The fourth-order valence-corrected chi connectivity index (χ4v) is 3.83. The predicted octanol–water partition coefficient (Wildman–Crippen LogP) is 4.68. The second kappa shape index (κ2) is 8.56. The largest absolute Gasteiger partial charge is 0.484 e. The molecule has 0 aliphatic rings. The zero-order valence-corrected chi connectivity index (χ0v) is 17.4. The number of hydrogen-bond donors (Lipinski definition) is 1. The molecule has 0 aliphatic carbocycles. The van der Waals surface area contributed by atoms with Gasteiger partial charge in [0.2, 0.25) is 0 Å². The second-order valence-corrected chi connectivity index (χ2v) is 7.81. The molecule has 3 aromatic heterocycles. The zero-order chi connectivity index (χ0) is 21.9. The maximum absolute atomic E-state index is 13.0. The molecule has 7 nitrogen and oxygen atoms in total. The number of carbonyl (C=O) groups excluding carboxylic acids is 1. The maximum Gasteiger partial charge on any atom is 0.262 e. The zero-order valence-electron chi connectivity index (χ0n) is 16.6. The van der Waals surface area contributed by atoms with Gasteiger partial charge < -0.3 is 10.1 Å². The smallest absolute Gasteiger partial charge is 0.262 e. The number of fused-ring (bicyclic) bond motifs is 1. The van der Waals surface area contributed by atoms with Crippen LogP contribution in [-0.4, -0.2) is 32.3 Å². The standard InChI is InChI=1S/C23H16FN5O2S/c24-16-6-8-18(9-7-16)31-14-22(30)25-17-4-1-3-15(13-17)19-10-11-21-26-27-23(29(21)28-19)20-5-2-12-32-20/h1-13H,14H2,(H,25,30). The fraction of sp³-hybridized carbons (Fsp3) is 0.0435. The van der Waals surface area contributed by atoms with Crippen LogP contribution in [0.5, 0.6) is 5.75 Å². The molecule has 0 fully saturated rings. The van der Waals surface area contributed by atoms with Crippen LogP contribution < -0.4 is 10.1 Å². The Morgan fingerprint density at radius 2 is 1.91 bits per heavy atom. The summed E-state index contributed by atoms with van der Waals surface area (Å²) in [5.41, 5.74) is 2.81. The number of nitrogens with zero attached hydrogens (tertiary/aromatic N) is 4. The SMILES string of the molecule is O=C(COc1ccc(F)cc1)Nc1cccc(-c2ccc3nnc(-c4cccs4)n3n2)c1. The number of ether oxygens (including phenoxy) is 1. The third-order valence-corrected chi connectivity index (χ3v) is 5.50. The molecule has 32 heavy (non-hydrogen) atoms. The van der Waals surface area contributed by atoms with Gasteiger partial charge in [-0.1, -0.05) is 18.2 Å². The van der Waals surface area contributed by atoms with Crippen molar-refractivity contribution in [1.82, 2.24) is 19.8 Å². The van der Waals surface area contributed by atoms with Gasteiger partial charge in [-0.15, -0.1) is 21.5 Å². The number of thiophene rings is 1. The average molecular weight is 445 g/mol. The molecule has 0 bridgehead atoms. The van der Waals surface area contributed by atoms with Crippen LogP contribution in [0.2, 0.25) is 0 Å². The number of anilines is 1. The monoisotopic (exact) mass is 445 g/mol. The Morgan fingerprint density at radius 3 is 2.72 bits per heavy atom. The van der Waals surface area contributed by atoms with E-state index in [0.717, 1.165) is 10.4 Å². The summed E-state index contributed by atoms with van der Waals surface area (Å²) in [6.07, 6.45) is 0. The van der Waals surface area contributed by atoms with Crippen molar-refractivity contribution < 1.29 is 13.9 Å². The number of hydrogen-bond acceptors (Lipinski definition) is 6. The number of aromatic nitrogens is 4. The van der Waals surface area contributed by atoms with E-state index in [2.05, 4.69) is 15.5 Å². The van der Waals surface area contributed by atoms with Crippen molar-refractivity contribution >= 4 is 28.6 Å². The van der Waals surface area contributed by atoms with E-state index in [9.17, 15) is 9.18 Å². The molecule has 9 heteroatoms. The lowest BCUT2D eigenvalue weighted by Crippen LogP contribution is -2.20. The highest BCUT2D eigenvalue weighted by atomic mass is 32.1. The molecule has 0 saturated heterocycles. The van der Waals surface area contributed by atoms with Gasteiger partial charge in [-0.05, 0) is 60.0 Å². The Hall–Kier alpha value is -4.11. The number of amides is 1. The van der Waals surface area contributed by atoms with Gasteiger partial charge in [0.25, 0.3) is 5.91 Å². The highest BCUT2D eigenvalue weighted by Gasteiger charge is 2.12. The minimum Gasteiger partial charge on any atom is -0.484 e. The molecular formula is C23H16FN5O2S. The molecule has 0 spiro atoms. The third kappa shape index (κ3) is 4.19. The van der Waals surface area contributed by atoms with E-state index in [4.69, 9.17) is 9.84 Å². The van der Waals surface area contributed by atoms with E-state index in [0.29, 0.717) is 28.6 Å². The van der Waals surface area contributed by atoms with Gasteiger partial charge in [-0.25, -0.2) is 4.39 Å². The molecule has 5 aromatic rings. The van der Waals surface area contributed by atoms with Crippen molar-refractivity contribution in [3.63, 3.8) is 0 Å². The number of halogens is 1. The van der Waals surface area contributed by atoms with Crippen LogP contribution in [0.25, 0.3) is 27.6 Å². The minimum atomic E-state index is -0.362. The molecule has 0 saturated carbocycles. The summed E-state index contributed by atoms with van der Waals surface area (Å²) in [5, 5.41) is 17.9. The van der Waals surface area contributed by atoms with E-state index >= 15 is 0 Å². The molecule has 1 N–H and O–H groups in total. The first-order valence-corrected chi connectivity index (χ1v) is 10.6. The highest BCUT2D eigenvalue weighted by Crippen LogP contribution is 2.25. The quantitative estimate of drug-likeness (QED) is 0.411. The number of carbonyl (C=O) groups is 1. The Morgan fingerprint density at radius 1 is 1.03 bits per heavy atom. The van der Waals surface area contributed by atoms with Gasteiger partial charge in [0.15, 0.2) is 18.1 Å². The topological polar surface area (TPSA) is 81.4 Å². The van der Waals surface area contributed by atoms with Crippen LogP contribution in [0.15, 0.2) is 78.2 Å². The Labute approximate surface area is 186 Å². The van der Waals surface area contributed by atoms with Gasteiger partial charge >= 0.3 is 0 Å². The van der Waals surface area contributed by atoms with E-state index in [1.54, 1.807) is 21.9 Å². The molecule has 158 valence electrons. The highest BCUT2D eigenvalue weighted by molar-refractivity contribution is 7.13. The Balaban J connectivity index is 1.33. The van der Waals surface area contributed by atoms with E-state index in [1.807, 2.05) is 47.8 Å². The van der Waals surface area contributed by atoms with Crippen LogP contribution in [0, 0.1) is 5.82 Å². The van der Waals surface area contributed by atoms with Gasteiger partial charge in [0, 0.05) is 11.3 Å². The van der Waals surface area contributed by atoms with Crippen molar-refractivity contribution in [1.29, 1.82) is 0 Å². The van der Waals surface area contributed by atoms with Crippen LogP contribution in [0.4, 0.5) is 10.1 Å². The third-order valence-electron chi connectivity index (χ3n) is 4.63. The Kier molecular flexibility index (Phi) is 5.30. The lowest BCUT2D eigenvalue weighted by atomic mass is 10.1. The number of nitrogens with one attached hydrogen (secondary N) is 1. The predicted molar refractivity (Wildman–Crippen MR) is 120 cm³/mol. The van der Waals surface area contributed by atoms with Gasteiger partial charge in [0.05, 0.1) is 10.6 Å². The summed E-state index contributed by atoms with van der Waals surface area (Å²) >= 11 is 1.57. The Bertz CT molecular complexity index is 1380. The van der Waals surface area contributed by atoms with Gasteiger partial charge in [-0.2, -0.15) is 9.61 Å². The summed E-state index contributed by atoms with van der Waals surface area (Å²) in [6, 6.07) is 20.5. The molecule has 0 radical (unpaired) electrons. The summed E-state index contributed by atoms with van der Waals surface area (Å²) in [4.78, 5) is 13.2. The number of benzene rings is 2. The minimum absolute atomic E-state index is 0.190. The van der Waals surface area contributed by atoms with Crippen LogP contribution >= 0.6 is 11.3 Å². The molecule has 3 heterocycles. The van der Waals surface area contributed by atoms with Crippen molar-refractivity contribution in [2.45, 2.75) is 0 Å². The van der Waals surface area contributed by atoms with Crippen molar-refractivity contribution in [3.8, 4) is 27.7 Å². The first-order valence-electron chi connectivity index (χ1n) is 9.71. The van der Waals surface area contributed by atoms with Crippen LogP contribution in [-0.2, 0) is 4.79 Å². The second-order valence-electron chi connectivity index (χ2n) is 6.86. The first kappa shape index (κ1) is 19.8. The maximum atomic E-state index is 13.0.